The van der Waals surface area contributed by atoms with Gasteiger partial charge in [0.05, 0.1) is 6.20 Å². The van der Waals surface area contributed by atoms with Gasteiger partial charge in [-0.15, -0.1) is 5.10 Å². The van der Waals surface area contributed by atoms with E-state index in [9.17, 15) is 0 Å². The van der Waals surface area contributed by atoms with Gasteiger partial charge in [-0.1, -0.05) is 16.8 Å². The van der Waals surface area contributed by atoms with Crippen molar-refractivity contribution in [3.63, 3.8) is 0 Å². The van der Waals surface area contributed by atoms with Crippen molar-refractivity contribution in [3.8, 4) is 11.4 Å². The third-order valence-corrected chi connectivity index (χ3v) is 2.15. The lowest BCUT2D eigenvalue weighted by Crippen LogP contribution is -1.99. The zero-order valence-corrected chi connectivity index (χ0v) is 8.10. The molecule has 0 amide bonds. The fraction of sp³-hybridized carbons (Fsp3) is 0.143. The molecule has 0 aliphatic carbocycles. The van der Waals surface area contributed by atoms with Gasteiger partial charge in [0, 0.05) is 7.05 Å². The molecular weight excluding hydrogens is 204 g/mol. The van der Waals surface area contributed by atoms with Crippen LogP contribution in [0.5, 0.6) is 0 Å². The average molecular weight is 211 g/mol. The highest BCUT2D eigenvalue weighted by atomic mass is 35.5. The van der Waals surface area contributed by atoms with Crippen LogP contribution in [0.2, 0.25) is 5.02 Å². The summed E-state index contributed by atoms with van der Waals surface area (Å²) >= 11 is 5.94. The third-order valence-electron chi connectivity index (χ3n) is 1.77. The van der Waals surface area contributed by atoms with Crippen molar-refractivity contribution < 1.29 is 0 Å². The molecule has 2 aromatic heterocycles. The summed E-state index contributed by atoms with van der Waals surface area (Å²) in [6.07, 6.45) is 2.91. The average Bonchev–Trinajstić information content (AvgIpc) is 2.57. The van der Waals surface area contributed by atoms with Crippen molar-refractivity contribution in [1.29, 1.82) is 0 Å². The standard InChI is InChI=1S/C7H7ClN6/c1-14-4(2-12-13-14)6-5(8)7(9)11-3-10-6/h2-3H,1H3,(H2,9,10,11). The minimum Gasteiger partial charge on any atom is -0.382 e. The zero-order valence-electron chi connectivity index (χ0n) is 7.35. The van der Waals surface area contributed by atoms with Gasteiger partial charge in [-0.3, -0.25) is 0 Å². The van der Waals surface area contributed by atoms with Crippen LogP contribution in [0.1, 0.15) is 0 Å². The molecule has 0 radical (unpaired) electrons. The largest absolute Gasteiger partial charge is 0.382 e. The van der Waals surface area contributed by atoms with Crippen LogP contribution < -0.4 is 5.73 Å². The molecule has 14 heavy (non-hydrogen) atoms. The van der Waals surface area contributed by atoms with E-state index < -0.39 is 0 Å². The Morgan fingerprint density at radius 2 is 2.21 bits per heavy atom. The molecule has 0 saturated carbocycles. The Morgan fingerprint density at radius 3 is 2.86 bits per heavy atom. The summed E-state index contributed by atoms with van der Waals surface area (Å²) in [5.41, 5.74) is 6.78. The molecule has 72 valence electrons. The minimum atomic E-state index is 0.248. The van der Waals surface area contributed by atoms with Crippen molar-refractivity contribution in [1.82, 2.24) is 25.0 Å². The number of hydrogen-bond donors (Lipinski definition) is 1. The predicted molar refractivity (Wildman–Crippen MR) is 51.5 cm³/mol. The Bertz CT molecular complexity index is 465. The van der Waals surface area contributed by atoms with Gasteiger partial charge in [-0.25, -0.2) is 14.6 Å². The van der Waals surface area contributed by atoms with Crippen LogP contribution in [0.25, 0.3) is 11.4 Å². The van der Waals surface area contributed by atoms with Crippen molar-refractivity contribution in [2.24, 2.45) is 7.05 Å². The Hall–Kier alpha value is -1.69. The molecule has 0 aliphatic heterocycles. The molecule has 2 rings (SSSR count). The normalized spacial score (nSPS) is 10.4. The van der Waals surface area contributed by atoms with E-state index in [0.29, 0.717) is 16.4 Å². The molecule has 0 spiro atoms. The zero-order chi connectivity index (χ0) is 10.1. The van der Waals surface area contributed by atoms with Crippen molar-refractivity contribution in [2.75, 3.05) is 5.73 Å². The summed E-state index contributed by atoms with van der Waals surface area (Å²) in [5, 5.41) is 7.81. The number of nitrogen functional groups attached to an aromatic ring is 1. The molecule has 2 heterocycles. The van der Waals surface area contributed by atoms with Crippen molar-refractivity contribution in [3.05, 3.63) is 17.5 Å². The first-order chi connectivity index (χ1) is 6.70. The Balaban J connectivity index is 2.63. The van der Waals surface area contributed by atoms with E-state index in [1.807, 2.05) is 0 Å². The number of nitrogens with two attached hydrogens (primary N) is 1. The number of rotatable bonds is 1. The van der Waals surface area contributed by atoms with Crippen LogP contribution in [0, 0.1) is 0 Å². The monoisotopic (exact) mass is 210 g/mol. The van der Waals surface area contributed by atoms with E-state index in [0.717, 1.165) is 0 Å². The molecular formula is C7H7ClN6. The van der Waals surface area contributed by atoms with Gasteiger partial charge in [0.25, 0.3) is 0 Å². The summed E-state index contributed by atoms with van der Waals surface area (Å²) in [7, 11) is 1.75. The second-order valence-corrected chi connectivity index (χ2v) is 3.04. The maximum Gasteiger partial charge on any atom is 0.146 e. The number of nitrogens with zero attached hydrogens (tertiary/aromatic N) is 5. The topological polar surface area (TPSA) is 82.5 Å². The molecule has 2 aromatic rings. The second kappa shape index (κ2) is 3.22. The lowest BCUT2D eigenvalue weighted by atomic mass is 10.3. The van der Waals surface area contributed by atoms with Gasteiger partial charge in [0.15, 0.2) is 0 Å². The SMILES string of the molecule is Cn1nncc1-c1ncnc(N)c1Cl. The van der Waals surface area contributed by atoms with Crippen LogP contribution in [0.3, 0.4) is 0 Å². The maximum absolute atomic E-state index is 5.94. The first kappa shape index (κ1) is 8.89. The van der Waals surface area contributed by atoms with E-state index in [-0.39, 0.29) is 5.82 Å². The van der Waals surface area contributed by atoms with Crippen LogP contribution in [-0.4, -0.2) is 25.0 Å². The van der Waals surface area contributed by atoms with Crippen molar-refractivity contribution in [2.45, 2.75) is 0 Å². The number of halogens is 1. The highest BCUT2D eigenvalue weighted by Gasteiger charge is 2.12. The summed E-state index contributed by atoms with van der Waals surface area (Å²) in [6.45, 7) is 0. The fourth-order valence-corrected chi connectivity index (χ4v) is 1.26. The number of aromatic nitrogens is 5. The maximum atomic E-state index is 5.94. The van der Waals surface area contributed by atoms with Gasteiger partial charge in [0.2, 0.25) is 0 Å². The number of anilines is 1. The van der Waals surface area contributed by atoms with Crippen LogP contribution in [0.4, 0.5) is 5.82 Å². The lowest BCUT2D eigenvalue weighted by Gasteiger charge is -2.03. The highest BCUT2D eigenvalue weighted by molar-refractivity contribution is 6.35. The molecule has 2 N–H and O–H groups in total. The van der Waals surface area contributed by atoms with E-state index in [2.05, 4.69) is 20.3 Å². The van der Waals surface area contributed by atoms with E-state index in [4.69, 9.17) is 17.3 Å². The van der Waals surface area contributed by atoms with Crippen LogP contribution in [-0.2, 0) is 7.05 Å². The molecule has 0 bridgehead atoms. The molecule has 0 fully saturated rings. The summed E-state index contributed by atoms with van der Waals surface area (Å²) < 4.78 is 1.56. The first-order valence-corrected chi connectivity index (χ1v) is 4.19. The minimum absolute atomic E-state index is 0.248. The van der Waals surface area contributed by atoms with Gasteiger partial charge in [0.1, 0.15) is 28.6 Å². The first-order valence-electron chi connectivity index (χ1n) is 3.81. The molecule has 0 unspecified atom stereocenters. The molecule has 7 heteroatoms. The molecule has 0 aromatic carbocycles. The molecule has 6 nitrogen and oxygen atoms in total. The Labute approximate surface area is 84.7 Å². The lowest BCUT2D eigenvalue weighted by molar-refractivity contribution is 0.719. The smallest absolute Gasteiger partial charge is 0.146 e. The molecule has 0 atom stereocenters. The fourth-order valence-electron chi connectivity index (χ4n) is 1.07. The van der Waals surface area contributed by atoms with E-state index in [1.54, 1.807) is 17.9 Å². The predicted octanol–water partition coefficient (Wildman–Crippen LogP) is 0.508. The van der Waals surface area contributed by atoms with E-state index in [1.165, 1.54) is 6.33 Å². The summed E-state index contributed by atoms with van der Waals surface area (Å²) in [6, 6.07) is 0. The van der Waals surface area contributed by atoms with Crippen LogP contribution >= 0.6 is 11.6 Å². The molecule has 0 saturated heterocycles. The van der Waals surface area contributed by atoms with Crippen LogP contribution in [0.15, 0.2) is 12.5 Å². The van der Waals surface area contributed by atoms with E-state index >= 15 is 0 Å². The van der Waals surface area contributed by atoms with Gasteiger partial charge in [-0.2, -0.15) is 0 Å². The third kappa shape index (κ3) is 1.29. The van der Waals surface area contributed by atoms with Gasteiger partial charge < -0.3 is 5.73 Å². The highest BCUT2D eigenvalue weighted by Crippen LogP contribution is 2.27. The Kier molecular flexibility index (Phi) is 2.05. The Morgan fingerprint density at radius 1 is 1.43 bits per heavy atom. The molecule has 0 aliphatic rings. The quantitative estimate of drug-likeness (QED) is 0.742. The van der Waals surface area contributed by atoms with Crippen molar-refractivity contribution >= 4 is 17.4 Å². The second-order valence-electron chi connectivity index (χ2n) is 2.66. The summed E-state index contributed by atoms with van der Waals surface area (Å²) in [5.74, 6) is 0.248. The number of hydrogen-bond acceptors (Lipinski definition) is 5. The summed E-state index contributed by atoms with van der Waals surface area (Å²) in [4.78, 5) is 7.78. The van der Waals surface area contributed by atoms with Gasteiger partial charge in [-0.05, 0) is 0 Å². The van der Waals surface area contributed by atoms with Gasteiger partial charge >= 0.3 is 0 Å². The number of aryl methyl sites for hydroxylation is 1.